The number of hydrogen-bond acceptors (Lipinski definition) is 4. The minimum Gasteiger partial charge on any atom is -0.490 e. The van der Waals surface area contributed by atoms with E-state index in [1.165, 1.54) is 0 Å². The maximum absolute atomic E-state index is 8.89. The highest BCUT2D eigenvalue weighted by Crippen LogP contribution is 2.20. The van der Waals surface area contributed by atoms with Gasteiger partial charge in [0.25, 0.3) is 0 Å². The molecular formula is C11H18N2O2. The van der Waals surface area contributed by atoms with Crippen LogP contribution in [0.4, 0.5) is 5.82 Å². The number of nitrogens with zero attached hydrogens (tertiary/aromatic N) is 1. The summed E-state index contributed by atoms with van der Waals surface area (Å²) in [5.74, 6) is 1.70. The molecule has 1 atom stereocenters. The standard InChI is InChI=1S/C11H18N2O2/c1-3-15-10-5-4-6-12-11(10)13-7-9(2)8-14/h4-6,9,14H,3,7-8H2,1-2H3,(H,12,13). The first kappa shape index (κ1) is 11.8. The van der Waals surface area contributed by atoms with E-state index in [0.717, 1.165) is 11.6 Å². The maximum Gasteiger partial charge on any atom is 0.168 e. The summed E-state index contributed by atoms with van der Waals surface area (Å²) in [6, 6.07) is 3.72. The maximum atomic E-state index is 8.89. The molecule has 0 saturated carbocycles. The van der Waals surface area contributed by atoms with Crippen LogP contribution in [0.25, 0.3) is 0 Å². The van der Waals surface area contributed by atoms with Gasteiger partial charge in [-0.3, -0.25) is 0 Å². The first-order chi connectivity index (χ1) is 7.27. The Bertz CT molecular complexity index is 292. The molecule has 4 nitrogen and oxygen atoms in total. The Labute approximate surface area is 90.3 Å². The zero-order chi connectivity index (χ0) is 11.1. The number of aromatic nitrogens is 1. The lowest BCUT2D eigenvalue weighted by Gasteiger charge is -2.13. The van der Waals surface area contributed by atoms with Crippen LogP contribution in [0.5, 0.6) is 5.75 Å². The number of rotatable bonds is 6. The Kier molecular flexibility index (Phi) is 4.90. The Hall–Kier alpha value is -1.29. The molecule has 4 heteroatoms. The number of hydrogen-bond donors (Lipinski definition) is 2. The molecule has 0 saturated heterocycles. The Morgan fingerprint density at radius 2 is 2.40 bits per heavy atom. The zero-order valence-electron chi connectivity index (χ0n) is 9.23. The molecule has 1 unspecified atom stereocenters. The van der Waals surface area contributed by atoms with Crippen LogP contribution in [-0.2, 0) is 0 Å². The van der Waals surface area contributed by atoms with Crippen molar-refractivity contribution >= 4 is 5.82 Å². The summed E-state index contributed by atoms with van der Waals surface area (Å²) in [6.07, 6.45) is 1.72. The fourth-order valence-corrected chi connectivity index (χ4v) is 1.13. The molecule has 0 radical (unpaired) electrons. The van der Waals surface area contributed by atoms with Crippen molar-refractivity contribution in [2.45, 2.75) is 13.8 Å². The van der Waals surface area contributed by atoms with Gasteiger partial charge in [-0.15, -0.1) is 0 Å². The molecule has 0 aliphatic rings. The van der Waals surface area contributed by atoms with E-state index in [2.05, 4.69) is 10.3 Å². The summed E-state index contributed by atoms with van der Waals surface area (Å²) >= 11 is 0. The normalized spacial score (nSPS) is 12.2. The molecule has 0 aromatic carbocycles. The molecule has 0 spiro atoms. The minimum atomic E-state index is 0.170. The van der Waals surface area contributed by atoms with Crippen LogP contribution in [-0.4, -0.2) is 29.8 Å². The highest BCUT2D eigenvalue weighted by molar-refractivity contribution is 5.49. The molecule has 2 N–H and O–H groups in total. The van der Waals surface area contributed by atoms with E-state index in [-0.39, 0.29) is 12.5 Å². The van der Waals surface area contributed by atoms with Gasteiger partial charge in [-0.1, -0.05) is 6.92 Å². The molecule has 1 rings (SSSR count). The Morgan fingerprint density at radius 3 is 3.07 bits per heavy atom. The molecule has 1 aromatic heterocycles. The van der Waals surface area contributed by atoms with Crippen LogP contribution in [0.1, 0.15) is 13.8 Å². The molecule has 1 heterocycles. The lowest BCUT2D eigenvalue weighted by Crippen LogP contribution is -2.15. The van der Waals surface area contributed by atoms with Crippen molar-refractivity contribution in [2.24, 2.45) is 5.92 Å². The zero-order valence-corrected chi connectivity index (χ0v) is 9.23. The van der Waals surface area contributed by atoms with E-state index in [1.54, 1.807) is 6.20 Å². The average Bonchev–Trinajstić information content (AvgIpc) is 2.28. The van der Waals surface area contributed by atoms with E-state index < -0.39 is 0 Å². The molecular weight excluding hydrogens is 192 g/mol. The second kappa shape index (κ2) is 6.24. The van der Waals surface area contributed by atoms with E-state index in [1.807, 2.05) is 26.0 Å². The molecule has 84 valence electrons. The third-order valence-electron chi connectivity index (χ3n) is 2.00. The van der Waals surface area contributed by atoms with Crippen molar-refractivity contribution in [3.8, 4) is 5.75 Å². The number of aliphatic hydroxyl groups excluding tert-OH is 1. The summed E-state index contributed by atoms with van der Waals surface area (Å²) < 4.78 is 5.42. The summed E-state index contributed by atoms with van der Waals surface area (Å²) in [5, 5.41) is 12.0. The topological polar surface area (TPSA) is 54.4 Å². The molecule has 0 bridgehead atoms. The number of ether oxygens (including phenoxy) is 1. The second-order valence-electron chi connectivity index (χ2n) is 3.45. The van der Waals surface area contributed by atoms with Crippen LogP contribution in [0, 0.1) is 5.92 Å². The van der Waals surface area contributed by atoms with Gasteiger partial charge in [0.05, 0.1) is 6.61 Å². The van der Waals surface area contributed by atoms with Crippen molar-refractivity contribution in [1.29, 1.82) is 0 Å². The summed E-state index contributed by atoms with van der Waals surface area (Å²) in [5.41, 5.74) is 0. The predicted octanol–water partition coefficient (Wildman–Crippen LogP) is 1.52. The van der Waals surface area contributed by atoms with Gasteiger partial charge in [0, 0.05) is 19.3 Å². The van der Waals surface area contributed by atoms with Gasteiger partial charge in [-0.2, -0.15) is 0 Å². The van der Waals surface area contributed by atoms with E-state index in [9.17, 15) is 0 Å². The van der Waals surface area contributed by atoms with Gasteiger partial charge in [0.1, 0.15) is 0 Å². The van der Waals surface area contributed by atoms with Crippen LogP contribution in [0.15, 0.2) is 18.3 Å². The van der Waals surface area contributed by atoms with Gasteiger partial charge in [0.2, 0.25) is 0 Å². The smallest absolute Gasteiger partial charge is 0.168 e. The fraction of sp³-hybridized carbons (Fsp3) is 0.545. The van der Waals surface area contributed by atoms with Crippen LogP contribution < -0.4 is 10.1 Å². The number of nitrogens with one attached hydrogen (secondary N) is 1. The van der Waals surface area contributed by atoms with Crippen molar-refractivity contribution in [2.75, 3.05) is 25.1 Å². The second-order valence-corrected chi connectivity index (χ2v) is 3.45. The van der Waals surface area contributed by atoms with Gasteiger partial charge >= 0.3 is 0 Å². The predicted molar refractivity (Wildman–Crippen MR) is 60.1 cm³/mol. The quantitative estimate of drug-likeness (QED) is 0.747. The largest absolute Gasteiger partial charge is 0.490 e. The van der Waals surface area contributed by atoms with Gasteiger partial charge < -0.3 is 15.2 Å². The Morgan fingerprint density at radius 1 is 1.60 bits per heavy atom. The van der Waals surface area contributed by atoms with Crippen molar-refractivity contribution < 1.29 is 9.84 Å². The Balaban J connectivity index is 2.58. The summed E-state index contributed by atoms with van der Waals surface area (Å²) in [6.45, 7) is 5.39. The van der Waals surface area contributed by atoms with Crippen LogP contribution >= 0.6 is 0 Å². The van der Waals surface area contributed by atoms with Gasteiger partial charge in [-0.25, -0.2) is 4.98 Å². The van der Waals surface area contributed by atoms with Crippen molar-refractivity contribution in [1.82, 2.24) is 4.98 Å². The minimum absolute atomic E-state index is 0.170. The van der Waals surface area contributed by atoms with Gasteiger partial charge in [-0.05, 0) is 25.0 Å². The number of anilines is 1. The van der Waals surface area contributed by atoms with E-state index in [4.69, 9.17) is 9.84 Å². The lowest BCUT2D eigenvalue weighted by atomic mass is 10.2. The SMILES string of the molecule is CCOc1cccnc1NCC(C)CO. The fourth-order valence-electron chi connectivity index (χ4n) is 1.13. The monoisotopic (exact) mass is 210 g/mol. The first-order valence-corrected chi connectivity index (χ1v) is 5.20. The molecule has 1 aromatic rings. The number of pyridine rings is 1. The van der Waals surface area contributed by atoms with E-state index >= 15 is 0 Å². The highest BCUT2D eigenvalue weighted by atomic mass is 16.5. The highest BCUT2D eigenvalue weighted by Gasteiger charge is 2.05. The third kappa shape index (κ3) is 3.75. The van der Waals surface area contributed by atoms with Crippen molar-refractivity contribution in [3.63, 3.8) is 0 Å². The summed E-state index contributed by atoms with van der Waals surface area (Å²) in [4.78, 5) is 4.19. The van der Waals surface area contributed by atoms with Crippen LogP contribution in [0.3, 0.4) is 0 Å². The summed E-state index contributed by atoms with van der Waals surface area (Å²) in [7, 11) is 0. The van der Waals surface area contributed by atoms with Crippen LogP contribution in [0.2, 0.25) is 0 Å². The molecule has 15 heavy (non-hydrogen) atoms. The third-order valence-corrected chi connectivity index (χ3v) is 2.00. The molecule has 0 aliphatic heterocycles. The lowest BCUT2D eigenvalue weighted by molar-refractivity contribution is 0.244. The number of aliphatic hydroxyl groups is 1. The average molecular weight is 210 g/mol. The molecule has 0 amide bonds. The van der Waals surface area contributed by atoms with E-state index in [0.29, 0.717) is 13.2 Å². The molecule has 0 aliphatic carbocycles. The van der Waals surface area contributed by atoms with Gasteiger partial charge in [0.15, 0.2) is 11.6 Å². The molecule has 0 fully saturated rings. The first-order valence-electron chi connectivity index (χ1n) is 5.20. The van der Waals surface area contributed by atoms with Crippen molar-refractivity contribution in [3.05, 3.63) is 18.3 Å².